The smallest absolute Gasteiger partial charge is 0.407 e. The zero-order chi connectivity index (χ0) is 31.6. The van der Waals surface area contributed by atoms with Crippen LogP contribution in [0.5, 0.6) is 5.75 Å². The molecule has 2 aromatic rings. The number of allylic oxidation sites excluding steroid dienone is 1. The summed E-state index contributed by atoms with van der Waals surface area (Å²) in [5.74, 6) is -0.942. The number of hydrogen-bond donors (Lipinski definition) is 2. The van der Waals surface area contributed by atoms with E-state index in [0.717, 1.165) is 47.6 Å². The van der Waals surface area contributed by atoms with Gasteiger partial charge in [0.25, 0.3) is 0 Å². The maximum Gasteiger partial charge on any atom is 0.407 e. The summed E-state index contributed by atoms with van der Waals surface area (Å²) < 4.78 is 17.0. The molecule has 43 heavy (non-hydrogen) atoms. The zero-order valence-corrected chi connectivity index (χ0v) is 25.9. The Kier molecular flexibility index (Phi) is 9.25. The number of ether oxygens (including phenoxy) is 3. The summed E-state index contributed by atoms with van der Waals surface area (Å²) in [6.07, 6.45) is 6.74. The molecule has 2 aromatic carbocycles. The number of fused-ring (bicyclic) bond motifs is 1. The lowest BCUT2D eigenvalue weighted by molar-refractivity contribution is -0.150. The van der Waals surface area contributed by atoms with Crippen LogP contribution in [0.1, 0.15) is 64.0 Å². The Balaban J connectivity index is 1.58. The van der Waals surface area contributed by atoms with E-state index in [1.54, 1.807) is 13.2 Å². The molecule has 1 aliphatic heterocycles. The fraction of sp³-hybridized carbons (Fsp3) is 0.500. The minimum Gasteiger partial charge on any atom is -0.496 e. The van der Waals surface area contributed by atoms with Crippen LogP contribution < -0.4 is 10.1 Å². The van der Waals surface area contributed by atoms with Crippen LogP contribution in [0.2, 0.25) is 0 Å². The number of nitrogens with zero attached hydrogens (tertiary/aromatic N) is 1. The lowest BCUT2D eigenvalue weighted by atomic mass is 9.85. The normalized spacial score (nSPS) is 21.6. The maximum absolute atomic E-state index is 14.1. The number of benzene rings is 2. The number of rotatable bonds is 12. The second kappa shape index (κ2) is 12.4. The van der Waals surface area contributed by atoms with Crippen molar-refractivity contribution in [2.45, 2.75) is 70.6 Å². The molecule has 1 saturated heterocycles. The largest absolute Gasteiger partial charge is 0.496 e. The van der Waals surface area contributed by atoms with Crippen molar-refractivity contribution in [3.05, 3.63) is 60.7 Å². The van der Waals surface area contributed by atoms with Gasteiger partial charge in [0.2, 0.25) is 5.91 Å². The number of alkyl carbamates (subject to hydrolysis) is 1. The highest BCUT2D eigenvalue weighted by Crippen LogP contribution is 2.52. The quantitative estimate of drug-likeness (QED) is 0.295. The second-order valence-electron chi connectivity index (χ2n) is 12.9. The maximum atomic E-state index is 14.1. The third kappa shape index (κ3) is 6.72. The lowest BCUT2D eigenvalue weighted by Crippen LogP contribution is -2.57. The van der Waals surface area contributed by atoms with E-state index in [4.69, 9.17) is 14.2 Å². The van der Waals surface area contributed by atoms with Crippen LogP contribution in [-0.2, 0) is 24.7 Å². The third-order valence-electron chi connectivity index (χ3n) is 8.99. The summed E-state index contributed by atoms with van der Waals surface area (Å²) in [7, 11) is 3.13. The fourth-order valence-corrected chi connectivity index (χ4v) is 6.09. The van der Waals surface area contributed by atoms with Crippen molar-refractivity contribution >= 4 is 34.8 Å². The van der Waals surface area contributed by atoms with E-state index >= 15 is 0 Å². The van der Waals surface area contributed by atoms with Gasteiger partial charge in [-0.1, -0.05) is 51.6 Å². The van der Waals surface area contributed by atoms with Crippen LogP contribution >= 0.6 is 0 Å². The Bertz CT molecular complexity index is 1410. The molecule has 2 aliphatic rings. The Hall–Kier alpha value is -3.85. The van der Waals surface area contributed by atoms with E-state index in [9.17, 15) is 19.5 Å². The molecule has 1 unspecified atom stereocenters. The lowest BCUT2D eigenvalue weighted by Gasteiger charge is -2.35. The number of likely N-dealkylation sites (tertiary alicyclic amines) is 1. The summed E-state index contributed by atoms with van der Waals surface area (Å²) in [5.41, 5.74) is -0.0619. The van der Waals surface area contributed by atoms with Crippen LogP contribution in [0.3, 0.4) is 0 Å². The zero-order valence-electron chi connectivity index (χ0n) is 25.9. The number of aliphatic carboxylic acids is 1. The number of carbonyl (C=O) groups is 3. The highest BCUT2D eigenvalue weighted by Gasteiger charge is 2.53. The molecule has 0 radical (unpaired) electrons. The molecule has 1 aliphatic carbocycles. The third-order valence-corrected chi connectivity index (χ3v) is 8.99. The van der Waals surface area contributed by atoms with Gasteiger partial charge in [-0.2, -0.15) is 0 Å². The topological polar surface area (TPSA) is 114 Å². The highest BCUT2D eigenvalue weighted by molar-refractivity contribution is 5.91. The van der Waals surface area contributed by atoms with Crippen molar-refractivity contribution in [1.82, 2.24) is 10.2 Å². The van der Waals surface area contributed by atoms with Gasteiger partial charge in [0.1, 0.15) is 23.4 Å². The first-order chi connectivity index (χ1) is 20.3. The monoisotopic (exact) mass is 592 g/mol. The first kappa shape index (κ1) is 32.1. The summed E-state index contributed by atoms with van der Waals surface area (Å²) in [5, 5.41) is 14.8. The van der Waals surface area contributed by atoms with E-state index in [0.29, 0.717) is 5.75 Å². The molecule has 1 heterocycles. The number of carbonyl (C=O) groups excluding carboxylic acids is 2. The molecule has 2 N–H and O–H groups in total. The van der Waals surface area contributed by atoms with Crippen LogP contribution in [0, 0.1) is 10.8 Å². The molecule has 1 saturated carbocycles. The van der Waals surface area contributed by atoms with E-state index in [1.165, 1.54) is 12.0 Å². The predicted molar refractivity (Wildman–Crippen MR) is 166 cm³/mol. The van der Waals surface area contributed by atoms with Crippen LogP contribution in [0.15, 0.2) is 49.6 Å². The predicted octanol–water partition coefficient (Wildman–Crippen LogP) is 5.91. The number of carboxylic acids is 1. The minimum absolute atomic E-state index is 0.00264. The molecule has 2 amide bonds. The second-order valence-corrected chi connectivity index (χ2v) is 12.9. The average molecular weight is 593 g/mol. The first-order valence-corrected chi connectivity index (χ1v) is 14.7. The standard InChI is InChI=1S/C34H44N2O7/c1-8-12-33(13-14-33)15-16-43-31(40)35-28(32(3,4)5)29(37)36-21-34(42-7,20-26(36)30(38)39)25-11-10-23-19-27(41-6)22(9-2)17-24(23)18-25/h8-11,17-19,26,28H,1-2,12-16,20-21H2,3-7H3,(H,35,40)(H,38,39)/t26?,28-,34+/m1/s1. The van der Waals surface area contributed by atoms with Crippen LogP contribution in [-0.4, -0.2) is 67.4 Å². The molecule has 4 rings (SSSR count). The number of nitrogens with one attached hydrogen (secondary N) is 1. The molecule has 9 heteroatoms. The van der Waals surface area contributed by atoms with Gasteiger partial charge >= 0.3 is 12.1 Å². The van der Waals surface area contributed by atoms with Crippen molar-refractivity contribution in [1.29, 1.82) is 0 Å². The van der Waals surface area contributed by atoms with Gasteiger partial charge in [0.15, 0.2) is 0 Å². The number of hydrogen-bond acceptors (Lipinski definition) is 6. The Labute approximate surface area is 253 Å². The molecule has 9 nitrogen and oxygen atoms in total. The summed E-state index contributed by atoms with van der Waals surface area (Å²) in [4.78, 5) is 40.7. The van der Waals surface area contributed by atoms with E-state index in [2.05, 4.69) is 18.5 Å². The molecular weight excluding hydrogens is 548 g/mol. The minimum atomic E-state index is -1.15. The van der Waals surface area contributed by atoms with Gasteiger partial charge in [0.05, 0.1) is 20.3 Å². The van der Waals surface area contributed by atoms with E-state index in [1.807, 2.05) is 57.2 Å². The van der Waals surface area contributed by atoms with Gasteiger partial charge in [-0.15, -0.1) is 6.58 Å². The van der Waals surface area contributed by atoms with Crippen LogP contribution in [0.25, 0.3) is 16.8 Å². The summed E-state index contributed by atoms with van der Waals surface area (Å²) >= 11 is 0. The average Bonchev–Trinajstić information content (AvgIpc) is 3.60. The summed E-state index contributed by atoms with van der Waals surface area (Å²) in [6, 6.07) is 7.47. The Morgan fingerprint density at radius 1 is 1.14 bits per heavy atom. The Morgan fingerprint density at radius 3 is 2.42 bits per heavy atom. The highest BCUT2D eigenvalue weighted by atomic mass is 16.5. The molecule has 0 spiro atoms. The number of amides is 2. The SMILES string of the molecule is C=CCC1(CCOC(=O)N[C@H](C(=O)N2C[C@](OC)(c3ccc4cc(OC)c(C=C)cc4c3)CC2C(=O)O)C(C)(C)C)CC1. The Morgan fingerprint density at radius 2 is 1.86 bits per heavy atom. The van der Waals surface area contributed by atoms with E-state index in [-0.39, 0.29) is 25.0 Å². The van der Waals surface area contributed by atoms with Crippen LogP contribution in [0.4, 0.5) is 4.79 Å². The van der Waals surface area contributed by atoms with Gasteiger partial charge in [-0.3, -0.25) is 4.79 Å². The molecule has 0 bridgehead atoms. The van der Waals surface area contributed by atoms with Gasteiger partial charge in [-0.25, -0.2) is 9.59 Å². The molecule has 232 valence electrons. The fourth-order valence-electron chi connectivity index (χ4n) is 6.09. The van der Waals surface area contributed by atoms with Gasteiger partial charge in [-0.05, 0) is 71.0 Å². The van der Waals surface area contributed by atoms with Crippen molar-refractivity contribution < 1.29 is 33.7 Å². The molecule has 2 fully saturated rings. The molecular formula is C34H44N2O7. The summed E-state index contributed by atoms with van der Waals surface area (Å²) in [6.45, 7) is 13.4. The van der Waals surface area contributed by atoms with Crippen molar-refractivity contribution in [2.75, 3.05) is 27.4 Å². The molecule has 0 aromatic heterocycles. The van der Waals surface area contributed by atoms with Crippen molar-refractivity contribution in [3.63, 3.8) is 0 Å². The van der Waals surface area contributed by atoms with Crippen molar-refractivity contribution in [3.8, 4) is 5.75 Å². The van der Waals surface area contributed by atoms with Gasteiger partial charge < -0.3 is 29.5 Å². The van der Waals surface area contributed by atoms with E-state index < -0.39 is 41.1 Å². The first-order valence-electron chi connectivity index (χ1n) is 14.7. The molecule has 3 atom stereocenters. The number of methoxy groups -OCH3 is 2. The van der Waals surface area contributed by atoms with Gasteiger partial charge in [0, 0.05) is 19.1 Å². The number of carboxylic acid groups (broad SMARTS) is 1. The van der Waals surface area contributed by atoms with Crippen molar-refractivity contribution in [2.24, 2.45) is 10.8 Å².